The number of carbonyl (C=O) groups excluding carboxylic acids is 2. The van der Waals surface area contributed by atoms with E-state index in [2.05, 4.69) is 20.2 Å². The van der Waals surface area contributed by atoms with Gasteiger partial charge in [0, 0.05) is 17.9 Å². The van der Waals surface area contributed by atoms with Gasteiger partial charge in [-0.15, -0.1) is 4.91 Å². The number of hydrogen-bond acceptors (Lipinski definition) is 7. The van der Waals surface area contributed by atoms with Crippen LogP contribution < -0.4 is 5.32 Å². The number of ether oxygens (including phenoxy) is 1. The lowest BCUT2D eigenvalue weighted by Crippen LogP contribution is -2.31. The predicted octanol–water partition coefficient (Wildman–Crippen LogP) is 2.44. The average molecular weight is 314 g/mol. The van der Waals surface area contributed by atoms with Crippen LogP contribution in [0.1, 0.15) is 31.1 Å². The molecular formula is C13H16ClN3O4. The van der Waals surface area contributed by atoms with Gasteiger partial charge in [-0.3, -0.25) is 4.79 Å². The number of nitrogens with one attached hydrogen (secondary N) is 1. The summed E-state index contributed by atoms with van der Waals surface area (Å²) in [4.78, 5) is 38.5. The molecule has 0 aliphatic carbocycles. The van der Waals surface area contributed by atoms with E-state index in [0.717, 1.165) is 0 Å². The molecule has 21 heavy (non-hydrogen) atoms. The minimum absolute atomic E-state index is 0.0141. The summed E-state index contributed by atoms with van der Waals surface area (Å²) in [6.07, 6.45) is 1.20. The van der Waals surface area contributed by atoms with E-state index >= 15 is 0 Å². The summed E-state index contributed by atoms with van der Waals surface area (Å²) < 4.78 is 4.66. The first-order valence-electron chi connectivity index (χ1n) is 6.36. The maximum Gasteiger partial charge on any atom is 0.342 e. The molecule has 0 spiro atoms. The van der Waals surface area contributed by atoms with Gasteiger partial charge in [0.05, 0.1) is 12.2 Å². The Hall–Kier alpha value is -2.02. The van der Waals surface area contributed by atoms with Gasteiger partial charge in [-0.1, -0.05) is 11.6 Å². The molecule has 1 aromatic heterocycles. The van der Waals surface area contributed by atoms with Crippen molar-refractivity contribution in [2.24, 2.45) is 5.18 Å². The summed E-state index contributed by atoms with van der Waals surface area (Å²) in [6, 6.07) is -0.289. The third kappa shape index (κ3) is 4.49. The zero-order valence-electron chi connectivity index (χ0n) is 11.9. The predicted molar refractivity (Wildman–Crippen MR) is 78.6 cm³/mol. The molecule has 0 fully saturated rings. The number of hydrogen-bond donors (Lipinski definition) is 1. The van der Waals surface area contributed by atoms with Crippen molar-refractivity contribution in [2.45, 2.75) is 32.9 Å². The Bertz CT molecular complexity index is 548. The quantitative estimate of drug-likeness (QED) is 0.273. The van der Waals surface area contributed by atoms with Gasteiger partial charge < -0.3 is 10.1 Å². The smallest absolute Gasteiger partial charge is 0.342 e. The minimum atomic E-state index is -1.75. The van der Waals surface area contributed by atoms with E-state index in [0.29, 0.717) is 5.69 Å². The van der Waals surface area contributed by atoms with Crippen LogP contribution in [0.5, 0.6) is 0 Å². The summed E-state index contributed by atoms with van der Waals surface area (Å²) in [5.74, 6) is -1.77. The average Bonchev–Trinajstić information content (AvgIpc) is 2.39. The molecule has 7 nitrogen and oxygen atoms in total. The summed E-state index contributed by atoms with van der Waals surface area (Å²) in [7, 11) is 0. The molecule has 0 saturated carbocycles. The standard InChI is InChI=1S/C13H16ClN3O4/c1-4-21-13(19)11(17-20)12(18)8-6-15-10(14)5-9(8)16-7(2)3/h5-7,11H,4H2,1-3H3,(H,15,16). The van der Waals surface area contributed by atoms with Gasteiger partial charge >= 0.3 is 5.97 Å². The number of rotatable bonds is 7. The molecule has 0 aromatic carbocycles. The first kappa shape index (κ1) is 17.0. The second kappa shape index (κ2) is 7.68. The zero-order chi connectivity index (χ0) is 16.0. The highest BCUT2D eigenvalue weighted by molar-refractivity contribution is 6.30. The van der Waals surface area contributed by atoms with Crippen molar-refractivity contribution in [2.75, 3.05) is 11.9 Å². The molecule has 0 saturated heterocycles. The van der Waals surface area contributed by atoms with Crippen LogP contribution in [0.4, 0.5) is 5.69 Å². The van der Waals surface area contributed by atoms with E-state index in [9.17, 15) is 14.5 Å². The normalized spacial score (nSPS) is 11.9. The monoisotopic (exact) mass is 313 g/mol. The summed E-state index contributed by atoms with van der Waals surface area (Å²) in [5.41, 5.74) is 0.443. The van der Waals surface area contributed by atoms with Gasteiger partial charge in [-0.2, -0.15) is 0 Å². The largest absolute Gasteiger partial charge is 0.464 e. The number of anilines is 1. The number of nitroso groups, excluding NO2 is 1. The number of Topliss-reactive ketones (excluding diaryl/α,β-unsaturated/α-hetero) is 1. The maximum absolute atomic E-state index is 12.3. The number of pyridine rings is 1. The number of nitrogens with zero attached hydrogens (tertiary/aromatic N) is 2. The van der Waals surface area contributed by atoms with Crippen molar-refractivity contribution in [3.8, 4) is 0 Å². The van der Waals surface area contributed by atoms with Gasteiger partial charge in [0.2, 0.25) is 5.78 Å². The summed E-state index contributed by atoms with van der Waals surface area (Å²) >= 11 is 5.79. The molecule has 0 bridgehead atoms. The Morgan fingerprint density at radius 3 is 2.67 bits per heavy atom. The third-order valence-corrected chi connectivity index (χ3v) is 2.65. The van der Waals surface area contributed by atoms with Crippen LogP contribution in [-0.2, 0) is 9.53 Å². The molecule has 0 amide bonds. The van der Waals surface area contributed by atoms with Gasteiger partial charge in [0.25, 0.3) is 6.04 Å². The third-order valence-electron chi connectivity index (χ3n) is 2.44. The fourth-order valence-electron chi connectivity index (χ4n) is 1.62. The van der Waals surface area contributed by atoms with Gasteiger partial charge in [-0.25, -0.2) is 9.78 Å². The van der Waals surface area contributed by atoms with Crippen molar-refractivity contribution >= 4 is 29.0 Å². The highest BCUT2D eigenvalue weighted by atomic mass is 35.5. The van der Waals surface area contributed by atoms with E-state index < -0.39 is 17.8 Å². The van der Waals surface area contributed by atoms with Crippen LogP contribution in [0.25, 0.3) is 0 Å². The molecule has 1 heterocycles. The molecule has 1 aromatic rings. The molecule has 1 atom stereocenters. The fourth-order valence-corrected chi connectivity index (χ4v) is 1.78. The molecule has 0 aliphatic rings. The van der Waals surface area contributed by atoms with E-state index in [1.807, 2.05) is 13.8 Å². The molecule has 0 aliphatic heterocycles. The number of carbonyl (C=O) groups is 2. The van der Waals surface area contributed by atoms with E-state index in [1.165, 1.54) is 12.3 Å². The fraction of sp³-hybridized carbons (Fsp3) is 0.462. The second-order valence-electron chi connectivity index (χ2n) is 4.48. The van der Waals surface area contributed by atoms with Gasteiger partial charge in [-0.05, 0) is 32.0 Å². The Morgan fingerprint density at radius 2 is 2.14 bits per heavy atom. The van der Waals surface area contributed by atoms with Crippen molar-refractivity contribution in [1.82, 2.24) is 4.98 Å². The SMILES string of the molecule is CCOC(=O)C(N=O)C(=O)c1cnc(Cl)cc1NC(C)C. The Kier molecular flexibility index (Phi) is 6.23. The second-order valence-corrected chi connectivity index (χ2v) is 4.86. The first-order valence-corrected chi connectivity index (χ1v) is 6.73. The number of aromatic nitrogens is 1. The van der Waals surface area contributed by atoms with Crippen LogP contribution >= 0.6 is 11.6 Å². The molecular weight excluding hydrogens is 298 g/mol. The Morgan fingerprint density at radius 1 is 1.48 bits per heavy atom. The first-order chi connectivity index (χ1) is 9.90. The minimum Gasteiger partial charge on any atom is -0.464 e. The van der Waals surface area contributed by atoms with Crippen LogP contribution in [0.3, 0.4) is 0 Å². The molecule has 0 radical (unpaired) electrons. The summed E-state index contributed by atoms with van der Waals surface area (Å²) in [6.45, 7) is 5.35. The molecule has 114 valence electrons. The van der Waals surface area contributed by atoms with Crippen LogP contribution in [-0.4, -0.2) is 35.4 Å². The molecule has 1 unspecified atom stereocenters. The molecule has 1 rings (SSSR count). The van der Waals surface area contributed by atoms with Gasteiger partial charge in [0.1, 0.15) is 5.15 Å². The Balaban J connectivity index is 3.15. The van der Waals surface area contributed by atoms with E-state index in [4.69, 9.17) is 11.6 Å². The lowest BCUT2D eigenvalue weighted by molar-refractivity contribution is -0.143. The highest BCUT2D eigenvalue weighted by Crippen LogP contribution is 2.22. The van der Waals surface area contributed by atoms with Crippen LogP contribution in [0.2, 0.25) is 5.15 Å². The lowest BCUT2D eigenvalue weighted by atomic mass is 10.0. The maximum atomic E-state index is 12.3. The number of esters is 1. The topological polar surface area (TPSA) is 97.7 Å². The van der Waals surface area contributed by atoms with Crippen molar-refractivity contribution in [3.63, 3.8) is 0 Å². The van der Waals surface area contributed by atoms with Gasteiger partial charge in [0.15, 0.2) is 0 Å². The van der Waals surface area contributed by atoms with Crippen LogP contribution in [0.15, 0.2) is 17.4 Å². The molecule has 1 N–H and O–H groups in total. The lowest BCUT2D eigenvalue weighted by Gasteiger charge is -2.15. The summed E-state index contributed by atoms with van der Waals surface area (Å²) in [5, 5.41) is 5.75. The van der Waals surface area contributed by atoms with Crippen LogP contribution in [0, 0.1) is 4.91 Å². The van der Waals surface area contributed by atoms with E-state index in [1.54, 1.807) is 6.92 Å². The Labute approximate surface area is 127 Å². The highest BCUT2D eigenvalue weighted by Gasteiger charge is 2.32. The van der Waals surface area contributed by atoms with Crippen molar-refractivity contribution in [3.05, 3.63) is 27.9 Å². The number of halogens is 1. The van der Waals surface area contributed by atoms with Crippen molar-refractivity contribution in [1.29, 1.82) is 0 Å². The number of ketones is 1. The van der Waals surface area contributed by atoms with Crippen molar-refractivity contribution < 1.29 is 14.3 Å². The molecule has 8 heteroatoms. The van der Waals surface area contributed by atoms with E-state index in [-0.39, 0.29) is 23.4 Å². The zero-order valence-corrected chi connectivity index (χ0v) is 12.7.